The van der Waals surface area contributed by atoms with Crippen molar-refractivity contribution in [1.82, 2.24) is 14.0 Å². The van der Waals surface area contributed by atoms with E-state index in [0.29, 0.717) is 0 Å². The van der Waals surface area contributed by atoms with E-state index >= 15 is 0 Å². The largest absolute Gasteiger partial charge is 0.437 e. The number of furan rings is 1. The predicted molar refractivity (Wildman–Crippen MR) is 203 cm³/mol. The summed E-state index contributed by atoms with van der Waals surface area (Å²) in [7, 11) is 0. The molecule has 0 aliphatic rings. The Morgan fingerprint density at radius 1 is 0.429 bits per heavy atom. The molecule has 4 heteroatoms. The SMILES string of the molecule is c1cc(-c2cccc(-n3c4c5ccccc5oc4n4c5ccccc5nc34)c2)cc(-c2ccc3c4ccccc4c4ccccc4c3c2)c1. The van der Waals surface area contributed by atoms with Crippen LogP contribution in [0.15, 0.2) is 168 Å². The molecule has 0 bridgehead atoms. The van der Waals surface area contributed by atoms with Gasteiger partial charge in [-0.2, -0.15) is 0 Å². The molecule has 0 aliphatic carbocycles. The summed E-state index contributed by atoms with van der Waals surface area (Å²) in [5, 5.41) is 8.78. The second kappa shape index (κ2) is 9.93. The molecule has 0 spiro atoms. The van der Waals surface area contributed by atoms with E-state index in [1.807, 2.05) is 18.2 Å². The van der Waals surface area contributed by atoms with Gasteiger partial charge in [-0.15, -0.1) is 0 Å². The third-order valence-corrected chi connectivity index (χ3v) is 10.1. The molecule has 0 amide bonds. The molecule has 11 rings (SSSR count). The molecule has 0 unspecified atom stereocenters. The number of nitrogens with zero attached hydrogens (tertiary/aromatic N) is 3. The van der Waals surface area contributed by atoms with Crippen LogP contribution in [-0.2, 0) is 0 Å². The maximum atomic E-state index is 6.50. The predicted octanol–water partition coefficient (Wildman–Crippen LogP) is 12.0. The van der Waals surface area contributed by atoms with Gasteiger partial charge in [-0.05, 0) is 103 Å². The number of para-hydroxylation sites is 3. The van der Waals surface area contributed by atoms with Gasteiger partial charge in [0.2, 0.25) is 11.5 Å². The molecular formula is C45H27N3O. The lowest BCUT2D eigenvalue weighted by molar-refractivity contribution is 0.651. The molecule has 0 atom stereocenters. The lowest BCUT2D eigenvalue weighted by Gasteiger charge is -2.13. The van der Waals surface area contributed by atoms with Gasteiger partial charge >= 0.3 is 0 Å². The average Bonchev–Trinajstić information content (AvgIpc) is 3.82. The zero-order valence-corrected chi connectivity index (χ0v) is 26.3. The Hall–Kier alpha value is -6.65. The first-order chi connectivity index (χ1) is 24.3. The summed E-state index contributed by atoms with van der Waals surface area (Å²) in [6.07, 6.45) is 0. The van der Waals surface area contributed by atoms with Crippen molar-refractivity contribution in [3.05, 3.63) is 164 Å². The topological polar surface area (TPSA) is 35.4 Å². The Bertz CT molecular complexity index is 3090. The first-order valence-corrected chi connectivity index (χ1v) is 16.6. The minimum atomic E-state index is 0.800. The van der Waals surface area contributed by atoms with Crippen molar-refractivity contribution in [2.45, 2.75) is 0 Å². The minimum Gasteiger partial charge on any atom is -0.437 e. The monoisotopic (exact) mass is 625 g/mol. The molecule has 49 heavy (non-hydrogen) atoms. The van der Waals surface area contributed by atoms with Gasteiger partial charge in [-0.1, -0.05) is 115 Å². The van der Waals surface area contributed by atoms with E-state index in [-0.39, 0.29) is 0 Å². The number of benzene rings is 8. The first kappa shape index (κ1) is 26.4. The van der Waals surface area contributed by atoms with Crippen molar-refractivity contribution in [2.75, 3.05) is 0 Å². The van der Waals surface area contributed by atoms with Crippen molar-refractivity contribution >= 4 is 71.3 Å². The number of imidazole rings is 2. The zero-order chi connectivity index (χ0) is 32.1. The van der Waals surface area contributed by atoms with E-state index in [9.17, 15) is 0 Å². The van der Waals surface area contributed by atoms with E-state index in [4.69, 9.17) is 9.40 Å². The highest BCUT2D eigenvalue weighted by Crippen LogP contribution is 2.39. The summed E-state index contributed by atoms with van der Waals surface area (Å²) in [5.41, 5.74) is 10.4. The van der Waals surface area contributed by atoms with Crippen LogP contribution in [0.4, 0.5) is 0 Å². The lowest BCUT2D eigenvalue weighted by Crippen LogP contribution is -1.96. The van der Waals surface area contributed by atoms with Crippen molar-refractivity contribution in [2.24, 2.45) is 0 Å². The van der Waals surface area contributed by atoms with E-state index in [2.05, 4.69) is 155 Å². The first-order valence-electron chi connectivity index (χ1n) is 16.6. The van der Waals surface area contributed by atoms with Crippen molar-refractivity contribution in [3.63, 3.8) is 0 Å². The maximum absolute atomic E-state index is 6.50. The Balaban J connectivity index is 1.09. The number of hydrogen-bond donors (Lipinski definition) is 0. The Labute approximate surface area is 280 Å². The number of hydrogen-bond acceptors (Lipinski definition) is 2. The van der Waals surface area contributed by atoms with Gasteiger partial charge in [0, 0.05) is 11.1 Å². The highest BCUT2D eigenvalue weighted by atomic mass is 16.3. The molecule has 0 N–H and O–H groups in total. The molecule has 3 aromatic heterocycles. The average molecular weight is 626 g/mol. The van der Waals surface area contributed by atoms with Crippen LogP contribution in [-0.4, -0.2) is 14.0 Å². The smallest absolute Gasteiger partial charge is 0.232 e. The molecule has 0 radical (unpaired) electrons. The third kappa shape index (κ3) is 3.77. The fourth-order valence-corrected chi connectivity index (χ4v) is 7.88. The zero-order valence-electron chi connectivity index (χ0n) is 26.3. The van der Waals surface area contributed by atoms with Crippen LogP contribution in [0.2, 0.25) is 0 Å². The molecule has 0 fully saturated rings. The molecule has 11 aromatic rings. The summed E-state index contributed by atoms with van der Waals surface area (Å²) in [4.78, 5) is 5.10. The van der Waals surface area contributed by atoms with Gasteiger partial charge in [-0.3, -0.25) is 4.57 Å². The Kier molecular flexibility index (Phi) is 5.35. The summed E-state index contributed by atoms with van der Waals surface area (Å²) < 4.78 is 10.9. The molecule has 228 valence electrons. The number of rotatable bonds is 3. The van der Waals surface area contributed by atoms with E-state index in [0.717, 1.165) is 55.8 Å². The van der Waals surface area contributed by atoms with Gasteiger partial charge in [-0.25, -0.2) is 9.38 Å². The van der Waals surface area contributed by atoms with Crippen LogP contribution in [0.1, 0.15) is 0 Å². The summed E-state index contributed by atoms with van der Waals surface area (Å²) in [6, 6.07) is 58.5. The standard InChI is InChI=1S/C45H27N3O/c1-2-17-35-33(15-1)34-16-3-4-18-36(34)39-27-31(23-24-37(35)39)29-12-9-11-28(25-29)30-13-10-14-32(26-30)47-43-38-19-5-8-22-42(38)49-44(43)48-41-21-7-6-20-40(41)46-45(47)48/h1-27H. The molecule has 0 saturated heterocycles. The lowest BCUT2D eigenvalue weighted by atomic mass is 9.91. The van der Waals surface area contributed by atoms with Crippen LogP contribution >= 0.6 is 0 Å². The number of fused-ring (bicyclic) bond motifs is 13. The second-order valence-electron chi connectivity index (χ2n) is 12.8. The molecular weight excluding hydrogens is 599 g/mol. The van der Waals surface area contributed by atoms with Gasteiger partial charge in [0.25, 0.3) is 0 Å². The third-order valence-electron chi connectivity index (χ3n) is 10.1. The van der Waals surface area contributed by atoms with Gasteiger partial charge in [0.15, 0.2) is 0 Å². The number of aromatic nitrogens is 3. The van der Waals surface area contributed by atoms with E-state index < -0.39 is 0 Å². The Morgan fingerprint density at radius 3 is 1.76 bits per heavy atom. The van der Waals surface area contributed by atoms with E-state index in [1.54, 1.807) is 0 Å². The van der Waals surface area contributed by atoms with E-state index in [1.165, 1.54) is 43.4 Å². The van der Waals surface area contributed by atoms with Crippen molar-refractivity contribution in [3.8, 4) is 27.9 Å². The summed E-state index contributed by atoms with van der Waals surface area (Å²) in [5.74, 6) is 0.836. The van der Waals surface area contributed by atoms with Gasteiger partial charge in [0.05, 0.1) is 11.0 Å². The molecule has 4 nitrogen and oxygen atoms in total. The fourth-order valence-electron chi connectivity index (χ4n) is 7.88. The Morgan fingerprint density at radius 2 is 1.00 bits per heavy atom. The van der Waals surface area contributed by atoms with Gasteiger partial charge in [0.1, 0.15) is 11.1 Å². The fraction of sp³-hybridized carbons (Fsp3) is 0. The summed E-state index contributed by atoms with van der Waals surface area (Å²) >= 11 is 0. The molecule has 3 heterocycles. The second-order valence-corrected chi connectivity index (χ2v) is 12.8. The van der Waals surface area contributed by atoms with Crippen LogP contribution in [0, 0.1) is 0 Å². The van der Waals surface area contributed by atoms with Crippen LogP contribution in [0.3, 0.4) is 0 Å². The highest BCUT2D eigenvalue weighted by Gasteiger charge is 2.23. The van der Waals surface area contributed by atoms with Crippen LogP contribution < -0.4 is 0 Å². The summed E-state index contributed by atoms with van der Waals surface area (Å²) in [6.45, 7) is 0. The van der Waals surface area contributed by atoms with Crippen molar-refractivity contribution < 1.29 is 4.42 Å². The highest BCUT2D eigenvalue weighted by molar-refractivity contribution is 6.25. The van der Waals surface area contributed by atoms with Gasteiger partial charge < -0.3 is 4.42 Å². The molecule has 0 aliphatic heterocycles. The maximum Gasteiger partial charge on any atom is 0.232 e. The normalized spacial score (nSPS) is 12.1. The van der Waals surface area contributed by atoms with Crippen molar-refractivity contribution in [1.29, 1.82) is 0 Å². The quantitative estimate of drug-likeness (QED) is 0.183. The van der Waals surface area contributed by atoms with Crippen LogP contribution in [0.25, 0.3) is 99.3 Å². The van der Waals surface area contributed by atoms with Crippen LogP contribution in [0.5, 0.6) is 0 Å². The molecule has 8 aromatic carbocycles. The minimum absolute atomic E-state index is 0.800. The molecule has 0 saturated carbocycles.